The topological polar surface area (TPSA) is 20.3 Å². The van der Waals surface area contributed by atoms with Gasteiger partial charge in [-0.25, -0.2) is 0 Å². The Hall–Kier alpha value is -1.43. The molecule has 128 valence electrons. The second-order valence-corrected chi connectivity index (χ2v) is 8.43. The molecule has 0 N–H and O–H groups in total. The van der Waals surface area contributed by atoms with Gasteiger partial charge in [-0.1, -0.05) is 77.5 Å². The number of benzene rings is 2. The first-order valence-corrected chi connectivity index (χ1v) is 10.2. The number of carbonyl (C=O) groups is 1. The van der Waals surface area contributed by atoms with Crippen molar-refractivity contribution in [1.82, 2.24) is 0 Å². The first kappa shape index (κ1) is 18.4. The fourth-order valence-electron chi connectivity index (χ4n) is 2.63. The zero-order chi connectivity index (χ0) is 17.8. The molecule has 3 rings (SSSR count). The molecule has 0 unspecified atom stereocenters. The number of hydrogen-bond donors (Lipinski definition) is 0. The van der Waals surface area contributed by atoms with Gasteiger partial charge in [0.05, 0.1) is 10.6 Å². The highest BCUT2D eigenvalue weighted by molar-refractivity contribution is 9.10. The Morgan fingerprint density at radius 3 is 2.64 bits per heavy atom. The molecule has 0 spiro atoms. The molecule has 1 fully saturated rings. The molecule has 1 amide bonds. The van der Waals surface area contributed by atoms with Gasteiger partial charge in [0.2, 0.25) is 0 Å². The van der Waals surface area contributed by atoms with E-state index in [1.54, 1.807) is 4.90 Å². The number of rotatable bonds is 5. The van der Waals surface area contributed by atoms with Crippen LogP contribution in [0.3, 0.4) is 0 Å². The van der Waals surface area contributed by atoms with Crippen molar-refractivity contribution < 1.29 is 4.79 Å². The van der Waals surface area contributed by atoms with Gasteiger partial charge in [0.25, 0.3) is 5.91 Å². The van der Waals surface area contributed by atoms with Gasteiger partial charge in [-0.15, -0.1) is 0 Å². The zero-order valence-electron chi connectivity index (χ0n) is 13.9. The van der Waals surface area contributed by atoms with E-state index in [1.165, 1.54) is 30.2 Å². The van der Waals surface area contributed by atoms with E-state index < -0.39 is 0 Å². The monoisotopic (exact) mass is 431 g/mol. The van der Waals surface area contributed by atoms with Gasteiger partial charge in [0.1, 0.15) is 0 Å². The van der Waals surface area contributed by atoms with Gasteiger partial charge in [0.15, 0.2) is 4.32 Å². The standard InChI is InChI=1S/C20H18BrNOS2/c1-2-3-5-14-8-10-17(11-9-14)22-19(23)18(25-20(22)24)13-15-6-4-7-16(21)12-15/h4,6-13H,2-3,5H2,1H3. The van der Waals surface area contributed by atoms with Crippen LogP contribution in [-0.4, -0.2) is 10.2 Å². The Bertz CT molecular complexity index is 830. The smallest absolute Gasteiger partial charge is 0.268 e. The minimum Gasteiger partial charge on any atom is -0.268 e. The molecule has 2 aromatic carbocycles. The average molecular weight is 432 g/mol. The second kappa shape index (κ2) is 8.30. The Kier molecular flexibility index (Phi) is 6.10. The molecule has 1 aliphatic heterocycles. The predicted molar refractivity (Wildman–Crippen MR) is 115 cm³/mol. The summed E-state index contributed by atoms with van der Waals surface area (Å²) < 4.78 is 1.56. The van der Waals surface area contributed by atoms with Gasteiger partial charge in [-0.2, -0.15) is 0 Å². The van der Waals surface area contributed by atoms with Gasteiger partial charge >= 0.3 is 0 Å². The SMILES string of the molecule is CCCCc1ccc(N2C(=O)C(=Cc3cccc(Br)c3)SC2=S)cc1. The van der Waals surface area contributed by atoms with Crippen LogP contribution >= 0.6 is 39.9 Å². The third-order valence-corrected chi connectivity index (χ3v) is 5.75. The lowest BCUT2D eigenvalue weighted by molar-refractivity contribution is -0.113. The summed E-state index contributed by atoms with van der Waals surface area (Å²) in [6.07, 6.45) is 5.31. The highest BCUT2D eigenvalue weighted by Crippen LogP contribution is 2.36. The number of thioether (sulfide) groups is 1. The summed E-state index contributed by atoms with van der Waals surface area (Å²) in [5.41, 5.74) is 3.10. The van der Waals surface area contributed by atoms with Crippen molar-refractivity contribution in [3.8, 4) is 0 Å². The molecular formula is C20H18BrNOS2. The number of anilines is 1. The van der Waals surface area contributed by atoms with Gasteiger partial charge in [0, 0.05) is 4.47 Å². The molecule has 25 heavy (non-hydrogen) atoms. The van der Waals surface area contributed by atoms with Crippen LogP contribution in [0, 0.1) is 0 Å². The van der Waals surface area contributed by atoms with Gasteiger partial charge in [-0.05, 0) is 54.3 Å². The molecule has 5 heteroatoms. The zero-order valence-corrected chi connectivity index (χ0v) is 17.1. The normalized spacial score (nSPS) is 16.1. The van der Waals surface area contributed by atoms with Gasteiger partial charge in [-0.3, -0.25) is 9.69 Å². The lowest BCUT2D eigenvalue weighted by Crippen LogP contribution is -2.27. The lowest BCUT2D eigenvalue weighted by atomic mass is 10.1. The van der Waals surface area contributed by atoms with E-state index in [4.69, 9.17) is 12.2 Å². The van der Waals surface area contributed by atoms with E-state index in [-0.39, 0.29) is 5.91 Å². The Morgan fingerprint density at radius 1 is 1.20 bits per heavy atom. The Labute approximate surface area is 166 Å². The van der Waals surface area contributed by atoms with E-state index in [2.05, 4.69) is 35.0 Å². The third kappa shape index (κ3) is 4.40. The Morgan fingerprint density at radius 2 is 1.96 bits per heavy atom. The van der Waals surface area contributed by atoms with E-state index in [1.807, 2.05) is 42.5 Å². The maximum atomic E-state index is 12.8. The van der Waals surface area contributed by atoms with Crippen LogP contribution in [0.4, 0.5) is 5.69 Å². The maximum absolute atomic E-state index is 12.8. The summed E-state index contributed by atoms with van der Waals surface area (Å²) in [5.74, 6) is -0.0590. The maximum Gasteiger partial charge on any atom is 0.270 e. The number of hydrogen-bond acceptors (Lipinski definition) is 3. The number of nitrogens with zero attached hydrogens (tertiary/aromatic N) is 1. The van der Waals surface area contributed by atoms with Crippen molar-refractivity contribution in [3.63, 3.8) is 0 Å². The van der Waals surface area contributed by atoms with Crippen LogP contribution in [0.5, 0.6) is 0 Å². The fourth-order valence-corrected chi connectivity index (χ4v) is 4.35. The van der Waals surface area contributed by atoms with Crippen LogP contribution in [0.1, 0.15) is 30.9 Å². The quantitative estimate of drug-likeness (QED) is 0.415. The molecule has 2 nitrogen and oxygen atoms in total. The predicted octanol–water partition coefficient (Wildman–Crippen LogP) is 6.20. The number of halogens is 1. The second-order valence-electron chi connectivity index (χ2n) is 5.84. The van der Waals surface area contributed by atoms with Crippen molar-refractivity contribution in [2.45, 2.75) is 26.2 Å². The minimum absolute atomic E-state index is 0.0590. The summed E-state index contributed by atoms with van der Waals surface area (Å²) in [5, 5.41) is 0. The van der Waals surface area contributed by atoms with Crippen LogP contribution in [-0.2, 0) is 11.2 Å². The van der Waals surface area contributed by atoms with Crippen molar-refractivity contribution >= 4 is 61.9 Å². The van der Waals surface area contributed by atoms with Crippen molar-refractivity contribution in [1.29, 1.82) is 0 Å². The van der Waals surface area contributed by atoms with Crippen LogP contribution in [0.15, 0.2) is 57.9 Å². The number of aryl methyl sites for hydroxylation is 1. The minimum atomic E-state index is -0.0590. The summed E-state index contributed by atoms with van der Waals surface area (Å²) in [7, 11) is 0. The molecule has 1 aliphatic rings. The van der Waals surface area contributed by atoms with Crippen molar-refractivity contribution in [2.75, 3.05) is 4.90 Å². The number of thiocarbonyl (C=S) groups is 1. The average Bonchev–Trinajstić information content (AvgIpc) is 2.87. The molecule has 0 atom stereocenters. The Balaban J connectivity index is 1.81. The molecular weight excluding hydrogens is 414 g/mol. The molecule has 0 bridgehead atoms. The van der Waals surface area contributed by atoms with E-state index >= 15 is 0 Å². The lowest BCUT2D eigenvalue weighted by Gasteiger charge is -2.15. The molecule has 1 saturated heterocycles. The molecule has 1 heterocycles. The first-order chi connectivity index (χ1) is 12.1. The third-order valence-electron chi connectivity index (χ3n) is 3.95. The van der Waals surface area contributed by atoms with Crippen LogP contribution < -0.4 is 4.90 Å². The highest BCUT2D eigenvalue weighted by atomic mass is 79.9. The summed E-state index contributed by atoms with van der Waals surface area (Å²) in [6, 6.07) is 16.0. The molecule has 2 aromatic rings. The number of amides is 1. The fraction of sp³-hybridized carbons (Fsp3) is 0.200. The van der Waals surface area contributed by atoms with Gasteiger partial charge < -0.3 is 0 Å². The number of carbonyl (C=O) groups excluding carboxylic acids is 1. The van der Waals surface area contributed by atoms with E-state index in [0.717, 1.165) is 22.1 Å². The molecule has 0 saturated carbocycles. The molecule has 0 aromatic heterocycles. The van der Waals surface area contributed by atoms with Crippen molar-refractivity contribution in [2.24, 2.45) is 0 Å². The summed E-state index contributed by atoms with van der Waals surface area (Å²) >= 11 is 10.2. The molecule has 0 radical (unpaired) electrons. The largest absolute Gasteiger partial charge is 0.270 e. The van der Waals surface area contributed by atoms with Crippen LogP contribution in [0.2, 0.25) is 0 Å². The highest BCUT2D eigenvalue weighted by Gasteiger charge is 2.33. The summed E-state index contributed by atoms with van der Waals surface area (Å²) in [6.45, 7) is 2.19. The summed E-state index contributed by atoms with van der Waals surface area (Å²) in [4.78, 5) is 15.1. The van der Waals surface area contributed by atoms with Crippen LogP contribution in [0.25, 0.3) is 6.08 Å². The molecule has 0 aliphatic carbocycles. The first-order valence-electron chi connectivity index (χ1n) is 8.21. The van der Waals surface area contributed by atoms with Crippen molar-refractivity contribution in [3.05, 3.63) is 69.0 Å². The van der Waals surface area contributed by atoms with E-state index in [0.29, 0.717) is 9.23 Å². The number of unbranched alkanes of at least 4 members (excludes halogenated alkanes) is 1. The van der Waals surface area contributed by atoms with E-state index in [9.17, 15) is 4.79 Å².